The number of rotatable bonds is 9. The van der Waals surface area contributed by atoms with Gasteiger partial charge >= 0.3 is 0 Å². The van der Waals surface area contributed by atoms with Gasteiger partial charge in [0.05, 0.1) is 25.2 Å². The first-order valence-corrected chi connectivity index (χ1v) is 12.9. The number of aryl methyl sites for hydroxylation is 1. The molecule has 0 bridgehead atoms. The summed E-state index contributed by atoms with van der Waals surface area (Å²) in [6.45, 7) is 8.29. The zero-order chi connectivity index (χ0) is 23.1. The van der Waals surface area contributed by atoms with Crippen molar-refractivity contribution in [1.29, 1.82) is 0 Å². The van der Waals surface area contributed by atoms with Crippen molar-refractivity contribution < 1.29 is 17.9 Å². The second-order valence-corrected chi connectivity index (χ2v) is 10.0. The normalized spacial score (nSPS) is 15.8. The number of ether oxygens (including phenoxy) is 1. The Morgan fingerprint density at radius 2 is 1.59 bits per heavy atom. The highest BCUT2D eigenvalue weighted by molar-refractivity contribution is 7.92. The third kappa shape index (κ3) is 6.54. The van der Waals surface area contributed by atoms with Gasteiger partial charge in [0.1, 0.15) is 6.04 Å². The van der Waals surface area contributed by atoms with Crippen LogP contribution in [-0.2, 0) is 39.1 Å². The molecule has 1 aliphatic heterocycles. The van der Waals surface area contributed by atoms with Gasteiger partial charge in [0, 0.05) is 26.2 Å². The summed E-state index contributed by atoms with van der Waals surface area (Å²) in [7, 11) is -3.63. The Labute approximate surface area is 191 Å². The van der Waals surface area contributed by atoms with E-state index in [1.165, 1.54) is 9.87 Å². The monoisotopic (exact) mass is 459 g/mol. The SMILES string of the molecule is CCc1ccc(N([C@@H](C)C(=O)NCc2ccc(CN3CCOCC3)cc2)S(C)(=O)=O)cc1. The Morgan fingerprint density at radius 1 is 1.03 bits per heavy atom. The zero-order valence-electron chi connectivity index (χ0n) is 19.1. The Hall–Kier alpha value is -2.42. The number of carbonyl (C=O) groups is 1. The van der Waals surface area contributed by atoms with E-state index in [1.54, 1.807) is 19.1 Å². The van der Waals surface area contributed by atoms with E-state index in [9.17, 15) is 13.2 Å². The molecule has 1 aliphatic rings. The van der Waals surface area contributed by atoms with Crippen LogP contribution in [-0.4, -0.2) is 57.8 Å². The summed E-state index contributed by atoms with van der Waals surface area (Å²) in [6.07, 6.45) is 1.98. The fourth-order valence-electron chi connectivity index (χ4n) is 3.80. The van der Waals surface area contributed by atoms with Gasteiger partial charge in [0.2, 0.25) is 15.9 Å². The van der Waals surface area contributed by atoms with Crippen molar-refractivity contribution in [3.8, 4) is 0 Å². The van der Waals surface area contributed by atoms with Crippen molar-refractivity contribution >= 4 is 21.6 Å². The third-order valence-corrected chi connectivity index (χ3v) is 6.93. The highest BCUT2D eigenvalue weighted by Crippen LogP contribution is 2.22. The van der Waals surface area contributed by atoms with Crippen LogP contribution in [0.3, 0.4) is 0 Å². The van der Waals surface area contributed by atoms with E-state index in [0.717, 1.165) is 56.7 Å². The minimum atomic E-state index is -3.63. The van der Waals surface area contributed by atoms with E-state index >= 15 is 0 Å². The summed E-state index contributed by atoms with van der Waals surface area (Å²) in [5.74, 6) is -0.340. The minimum Gasteiger partial charge on any atom is -0.379 e. The molecule has 174 valence electrons. The number of morpholine rings is 1. The van der Waals surface area contributed by atoms with Crippen LogP contribution in [0, 0.1) is 0 Å². The summed E-state index contributed by atoms with van der Waals surface area (Å²) in [5.41, 5.74) is 3.78. The molecule has 1 heterocycles. The van der Waals surface area contributed by atoms with Crippen molar-refractivity contribution in [3.05, 3.63) is 65.2 Å². The maximum Gasteiger partial charge on any atom is 0.243 e. The van der Waals surface area contributed by atoms with Crippen LogP contribution in [0.5, 0.6) is 0 Å². The van der Waals surface area contributed by atoms with Gasteiger partial charge in [-0.05, 0) is 42.2 Å². The molecule has 1 fully saturated rings. The van der Waals surface area contributed by atoms with Crippen LogP contribution < -0.4 is 9.62 Å². The predicted molar refractivity (Wildman–Crippen MR) is 127 cm³/mol. The van der Waals surface area contributed by atoms with Crippen LogP contribution in [0.4, 0.5) is 5.69 Å². The minimum absolute atomic E-state index is 0.340. The number of nitrogens with one attached hydrogen (secondary N) is 1. The molecule has 3 rings (SSSR count). The maximum absolute atomic E-state index is 12.8. The molecule has 0 spiro atoms. The van der Waals surface area contributed by atoms with E-state index < -0.39 is 16.1 Å². The molecule has 1 amide bonds. The van der Waals surface area contributed by atoms with Gasteiger partial charge in [-0.25, -0.2) is 8.42 Å². The lowest BCUT2D eigenvalue weighted by Gasteiger charge is -2.28. The van der Waals surface area contributed by atoms with E-state index in [0.29, 0.717) is 12.2 Å². The van der Waals surface area contributed by atoms with Gasteiger partial charge < -0.3 is 10.1 Å². The Balaban J connectivity index is 1.60. The largest absolute Gasteiger partial charge is 0.379 e. The van der Waals surface area contributed by atoms with E-state index in [1.807, 2.05) is 31.2 Å². The molecule has 1 N–H and O–H groups in total. The molecular weight excluding hydrogens is 426 g/mol. The molecule has 2 aromatic rings. The van der Waals surface area contributed by atoms with Crippen molar-refractivity contribution in [3.63, 3.8) is 0 Å². The van der Waals surface area contributed by atoms with Gasteiger partial charge in [-0.3, -0.25) is 14.0 Å². The lowest BCUT2D eigenvalue weighted by molar-refractivity contribution is -0.122. The van der Waals surface area contributed by atoms with E-state index in [-0.39, 0.29) is 5.91 Å². The summed E-state index contributed by atoms with van der Waals surface area (Å²) in [5, 5.41) is 2.87. The van der Waals surface area contributed by atoms with Crippen LogP contribution in [0.1, 0.15) is 30.5 Å². The molecule has 0 aromatic heterocycles. The molecule has 32 heavy (non-hydrogen) atoms. The van der Waals surface area contributed by atoms with Gasteiger partial charge in [0.15, 0.2) is 0 Å². The summed E-state index contributed by atoms with van der Waals surface area (Å²) >= 11 is 0. The van der Waals surface area contributed by atoms with Crippen molar-refractivity contribution in [2.45, 2.75) is 39.4 Å². The van der Waals surface area contributed by atoms with Crippen LogP contribution >= 0.6 is 0 Å². The molecule has 0 radical (unpaired) electrons. The van der Waals surface area contributed by atoms with Gasteiger partial charge in [-0.1, -0.05) is 43.3 Å². The summed E-state index contributed by atoms with van der Waals surface area (Å²) in [6, 6.07) is 14.5. The number of hydrogen-bond donors (Lipinski definition) is 1. The maximum atomic E-state index is 12.8. The van der Waals surface area contributed by atoms with Crippen molar-refractivity contribution in [1.82, 2.24) is 10.2 Å². The highest BCUT2D eigenvalue weighted by Gasteiger charge is 2.28. The lowest BCUT2D eigenvalue weighted by atomic mass is 10.1. The Kier molecular flexibility index (Phi) is 8.28. The summed E-state index contributed by atoms with van der Waals surface area (Å²) in [4.78, 5) is 15.2. The molecule has 1 atom stereocenters. The standard InChI is InChI=1S/C24H33N3O4S/c1-4-20-9-11-23(12-10-20)27(32(3,29)30)19(2)24(28)25-17-21-5-7-22(8-6-21)18-26-13-15-31-16-14-26/h5-12,19H,4,13-18H2,1-3H3,(H,25,28)/t19-/m0/s1. The fraction of sp³-hybridized carbons (Fsp3) is 0.458. The Bertz CT molecular complexity index is 985. The predicted octanol–water partition coefficient (Wildman–Crippen LogP) is 2.55. The number of benzene rings is 2. The zero-order valence-corrected chi connectivity index (χ0v) is 19.9. The molecule has 1 saturated heterocycles. The second-order valence-electron chi connectivity index (χ2n) is 8.18. The number of anilines is 1. The second kappa shape index (κ2) is 10.9. The van der Waals surface area contributed by atoms with Gasteiger partial charge in [0.25, 0.3) is 0 Å². The van der Waals surface area contributed by atoms with Crippen LogP contribution in [0.25, 0.3) is 0 Å². The number of amides is 1. The Morgan fingerprint density at radius 3 is 2.16 bits per heavy atom. The number of sulfonamides is 1. The average Bonchev–Trinajstić information content (AvgIpc) is 2.78. The third-order valence-electron chi connectivity index (χ3n) is 5.69. The first kappa shape index (κ1) is 24.2. The first-order chi connectivity index (χ1) is 15.3. The molecule has 8 heteroatoms. The van der Waals surface area contributed by atoms with E-state index in [2.05, 4.69) is 22.3 Å². The number of carbonyl (C=O) groups excluding carboxylic acids is 1. The fourth-order valence-corrected chi connectivity index (χ4v) is 4.98. The molecule has 2 aromatic carbocycles. The average molecular weight is 460 g/mol. The number of hydrogen-bond acceptors (Lipinski definition) is 5. The molecule has 7 nitrogen and oxygen atoms in total. The highest BCUT2D eigenvalue weighted by atomic mass is 32.2. The van der Waals surface area contributed by atoms with Gasteiger partial charge in [-0.15, -0.1) is 0 Å². The molecule has 0 aliphatic carbocycles. The summed E-state index contributed by atoms with van der Waals surface area (Å²) < 4.78 is 31.4. The smallest absolute Gasteiger partial charge is 0.243 e. The van der Waals surface area contributed by atoms with Crippen LogP contribution in [0.2, 0.25) is 0 Å². The van der Waals surface area contributed by atoms with Crippen LogP contribution in [0.15, 0.2) is 48.5 Å². The van der Waals surface area contributed by atoms with Crippen molar-refractivity contribution in [2.75, 3.05) is 36.9 Å². The molecule has 0 saturated carbocycles. The number of nitrogens with zero attached hydrogens (tertiary/aromatic N) is 2. The first-order valence-electron chi connectivity index (χ1n) is 11.0. The van der Waals surface area contributed by atoms with E-state index in [4.69, 9.17) is 4.74 Å². The molecular formula is C24H33N3O4S. The topological polar surface area (TPSA) is 79.0 Å². The quantitative estimate of drug-likeness (QED) is 0.624. The van der Waals surface area contributed by atoms with Gasteiger partial charge in [-0.2, -0.15) is 0 Å². The lowest BCUT2D eigenvalue weighted by Crippen LogP contribution is -2.47. The molecule has 0 unspecified atom stereocenters. The van der Waals surface area contributed by atoms with Crippen molar-refractivity contribution in [2.24, 2.45) is 0 Å².